The maximum absolute atomic E-state index is 7.05. The van der Waals surface area contributed by atoms with Crippen molar-refractivity contribution in [2.75, 3.05) is 9.71 Å². The molecule has 4 heteroatoms. The normalized spacial score (nSPS) is 16.5. The minimum Gasteiger partial charge on any atom is -0.456 e. The largest absolute Gasteiger partial charge is 0.456 e. The summed E-state index contributed by atoms with van der Waals surface area (Å²) in [6.45, 7) is 9.66. The summed E-state index contributed by atoms with van der Waals surface area (Å²) in [6, 6.07) is 75.1. The monoisotopic (exact) mass is 860 g/mol. The van der Waals surface area contributed by atoms with Crippen LogP contribution >= 0.6 is 0 Å². The predicted molar refractivity (Wildman–Crippen MR) is 280 cm³/mol. The van der Waals surface area contributed by atoms with E-state index in [1.807, 2.05) is 0 Å². The lowest BCUT2D eigenvalue weighted by Crippen LogP contribution is -2.63. The Morgan fingerprint density at radius 3 is 1.79 bits per heavy atom. The first-order chi connectivity index (χ1) is 32.7. The number of benzene rings is 9. The summed E-state index contributed by atoms with van der Waals surface area (Å²) in [5, 5.41) is 2.35. The van der Waals surface area contributed by atoms with Gasteiger partial charge < -0.3 is 14.1 Å². The Bertz CT molecular complexity index is 3610. The molecule has 0 fully saturated rings. The van der Waals surface area contributed by atoms with Gasteiger partial charge in [-0.1, -0.05) is 185 Å². The summed E-state index contributed by atoms with van der Waals surface area (Å²) in [4.78, 5) is 5.32. The summed E-state index contributed by atoms with van der Waals surface area (Å²) >= 11 is 0. The van der Waals surface area contributed by atoms with E-state index in [4.69, 9.17) is 4.42 Å². The quantitative estimate of drug-likeness (QED) is 0.164. The maximum atomic E-state index is 7.05. The average Bonchev–Trinajstić information content (AvgIpc) is 3.75. The molecule has 0 unspecified atom stereocenters. The molecule has 0 radical (unpaired) electrons. The predicted octanol–water partition coefficient (Wildman–Crippen LogP) is 15.0. The fourth-order valence-electron chi connectivity index (χ4n) is 12.9. The molecule has 9 aromatic carbocycles. The van der Waals surface area contributed by atoms with Crippen LogP contribution in [-0.2, 0) is 16.2 Å². The van der Waals surface area contributed by atoms with Crippen LogP contribution in [0.2, 0.25) is 0 Å². The zero-order chi connectivity index (χ0) is 44.8. The van der Waals surface area contributed by atoms with Crippen LogP contribution in [0.5, 0.6) is 0 Å². The number of rotatable bonds is 4. The minimum atomic E-state index is -0.603. The smallest absolute Gasteiger partial charge is 0.333 e. The van der Waals surface area contributed by atoms with Crippen molar-refractivity contribution in [1.29, 1.82) is 0 Å². The third-order valence-corrected chi connectivity index (χ3v) is 16.2. The first-order valence-electron chi connectivity index (χ1n) is 24.0. The molecule has 320 valence electrons. The van der Waals surface area contributed by atoms with Gasteiger partial charge >= 0.3 is 6.85 Å². The SMILES string of the molecule is CC1(C)CCC(C)(C)c2cc3c(cc21)-c1c2c(cc4oc5ccccc5c14)N1c4ccccc4C(c4ccccc4)(c4ccccc4)c4cccc(c41)B2N3c1ccc(-c2ccccc2)cc1. The van der Waals surface area contributed by atoms with E-state index in [9.17, 15) is 0 Å². The van der Waals surface area contributed by atoms with Crippen molar-refractivity contribution in [3.63, 3.8) is 0 Å². The molecule has 1 aromatic heterocycles. The maximum Gasteiger partial charge on any atom is 0.333 e. The van der Waals surface area contributed by atoms with Gasteiger partial charge in [-0.15, -0.1) is 0 Å². The van der Waals surface area contributed by atoms with Gasteiger partial charge in [0.2, 0.25) is 0 Å². The molecule has 0 bridgehead atoms. The second-order valence-electron chi connectivity index (χ2n) is 20.6. The molecule has 0 spiro atoms. The molecular weight excluding hydrogens is 812 g/mol. The summed E-state index contributed by atoms with van der Waals surface area (Å²) in [5.41, 5.74) is 22.8. The van der Waals surface area contributed by atoms with Gasteiger partial charge in [0.15, 0.2) is 0 Å². The second kappa shape index (κ2) is 13.7. The lowest BCUT2D eigenvalue weighted by Gasteiger charge is -2.52. The van der Waals surface area contributed by atoms with Gasteiger partial charge in [-0.2, -0.15) is 0 Å². The molecular formula is C63H49BN2O. The molecule has 10 aromatic rings. The number of furan rings is 1. The van der Waals surface area contributed by atoms with E-state index in [-0.39, 0.29) is 17.7 Å². The fourth-order valence-corrected chi connectivity index (χ4v) is 12.9. The van der Waals surface area contributed by atoms with Crippen LogP contribution in [0, 0.1) is 0 Å². The van der Waals surface area contributed by atoms with Gasteiger partial charge in [-0.25, -0.2) is 0 Å². The number of nitrogens with zero attached hydrogens (tertiary/aromatic N) is 2. The van der Waals surface area contributed by atoms with Crippen LogP contribution in [0.15, 0.2) is 205 Å². The first kappa shape index (κ1) is 38.7. The molecule has 0 amide bonds. The minimum absolute atomic E-state index is 0.00641. The van der Waals surface area contributed by atoms with E-state index in [2.05, 4.69) is 238 Å². The van der Waals surface area contributed by atoms with Crippen molar-refractivity contribution < 1.29 is 4.42 Å². The zero-order valence-electron chi connectivity index (χ0n) is 38.3. The molecule has 14 rings (SSSR count). The molecule has 3 nitrogen and oxygen atoms in total. The Balaban J connectivity index is 1.16. The van der Waals surface area contributed by atoms with Gasteiger partial charge in [0.25, 0.3) is 0 Å². The molecule has 0 saturated heterocycles. The Morgan fingerprint density at radius 1 is 0.478 bits per heavy atom. The topological polar surface area (TPSA) is 19.6 Å². The number of hydrogen-bond donors (Lipinski definition) is 0. The summed E-state index contributed by atoms with van der Waals surface area (Å²) < 4.78 is 7.05. The van der Waals surface area contributed by atoms with Gasteiger partial charge in [-0.05, 0) is 121 Å². The first-order valence-corrected chi connectivity index (χ1v) is 24.0. The molecule has 67 heavy (non-hydrogen) atoms. The van der Waals surface area contributed by atoms with E-state index in [0.29, 0.717) is 0 Å². The molecule has 0 saturated carbocycles. The number of fused-ring (bicyclic) bond motifs is 11. The highest BCUT2D eigenvalue weighted by Gasteiger charge is 2.54. The molecule has 1 aliphatic carbocycles. The van der Waals surface area contributed by atoms with Crippen LogP contribution in [-0.4, -0.2) is 6.85 Å². The van der Waals surface area contributed by atoms with Crippen LogP contribution in [0.4, 0.5) is 28.4 Å². The van der Waals surface area contributed by atoms with Crippen molar-refractivity contribution in [3.8, 4) is 22.3 Å². The lowest BCUT2D eigenvalue weighted by atomic mass is 9.42. The molecule has 3 aliphatic heterocycles. The molecule has 0 atom stereocenters. The number of para-hydroxylation sites is 3. The van der Waals surface area contributed by atoms with Crippen molar-refractivity contribution in [1.82, 2.24) is 0 Å². The summed E-state index contributed by atoms with van der Waals surface area (Å²) in [7, 11) is 0. The van der Waals surface area contributed by atoms with E-state index < -0.39 is 5.41 Å². The average molecular weight is 861 g/mol. The van der Waals surface area contributed by atoms with Crippen molar-refractivity contribution in [2.45, 2.75) is 56.8 Å². The Labute approximate surface area is 393 Å². The highest BCUT2D eigenvalue weighted by atomic mass is 16.3. The number of hydrogen-bond acceptors (Lipinski definition) is 3. The molecule has 4 heterocycles. The summed E-state index contributed by atoms with van der Waals surface area (Å²) in [5.74, 6) is 0. The standard InChI is InChI=1S/C63H49BN2O/c1-61(2)35-36-62(3,4)50-38-53-46(37-49(50)61)58-57-45-25-14-17-30-55(45)67-56(57)39-54-59(58)64(66(53)44-33-31-41(32-34-44)40-19-8-5-9-20-40)51-28-18-27-48-60(51)65(54)52-29-16-15-26-47(52)63(48,42-21-10-6-11-22-42)43-23-12-7-13-24-43/h5-34,37-39H,35-36H2,1-4H3. The third-order valence-electron chi connectivity index (χ3n) is 16.2. The lowest BCUT2D eigenvalue weighted by molar-refractivity contribution is 0.332. The molecule has 4 aliphatic rings. The fraction of sp³-hybridized carbons (Fsp3) is 0.143. The number of anilines is 5. The van der Waals surface area contributed by atoms with Crippen LogP contribution < -0.4 is 20.6 Å². The molecule has 0 N–H and O–H groups in total. The Kier molecular flexibility index (Phi) is 7.94. The van der Waals surface area contributed by atoms with E-state index in [0.717, 1.165) is 29.4 Å². The zero-order valence-corrected chi connectivity index (χ0v) is 38.3. The van der Waals surface area contributed by atoms with Gasteiger partial charge in [0.1, 0.15) is 11.2 Å². The van der Waals surface area contributed by atoms with E-state index in [1.54, 1.807) is 0 Å². The highest BCUT2D eigenvalue weighted by Crippen LogP contribution is 2.61. The van der Waals surface area contributed by atoms with Crippen molar-refractivity contribution >= 4 is 68.1 Å². The van der Waals surface area contributed by atoms with Gasteiger partial charge in [0.05, 0.1) is 11.1 Å². The Hall–Kier alpha value is -7.56. The Morgan fingerprint density at radius 2 is 1.07 bits per heavy atom. The highest BCUT2D eigenvalue weighted by molar-refractivity contribution is 6.94. The van der Waals surface area contributed by atoms with Crippen LogP contribution in [0.3, 0.4) is 0 Å². The van der Waals surface area contributed by atoms with Crippen LogP contribution in [0.1, 0.15) is 73.9 Å². The summed E-state index contributed by atoms with van der Waals surface area (Å²) in [6.07, 6.45) is 2.28. The van der Waals surface area contributed by atoms with E-state index in [1.165, 1.54) is 100 Å². The van der Waals surface area contributed by atoms with Crippen molar-refractivity contribution in [2.24, 2.45) is 0 Å². The van der Waals surface area contributed by atoms with Gasteiger partial charge in [-0.3, -0.25) is 0 Å². The third kappa shape index (κ3) is 5.19. The van der Waals surface area contributed by atoms with Crippen LogP contribution in [0.25, 0.3) is 44.2 Å². The van der Waals surface area contributed by atoms with Crippen molar-refractivity contribution in [3.05, 3.63) is 234 Å². The van der Waals surface area contributed by atoms with E-state index >= 15 is 0 Å². The van der Waals surface area contributed by atoms with Gasteiger partial charge in [0, 0.05) is 45.2 Å². The second-order valence-corrected chi connectivity index (χ2v) is 20.6.